The molecule has 0 spiro atoms. The minimum absolute atomic E-state index is 0.0199. The molecule has 0 saturated carbocycles. The Morgan fingerprint density at radius 2 is 1.57 bits per heavy atom. The molecule has 1 saturated heterocycles. The lowest BCUT2D eigenvalue weighted by molar-refractivity contribution is -0.153. The lowest BCUT2D eigenvalue weighted by Gasteiger charge is -2.44. The van der Waals surface area contributed by atoms with E-state index < -0.39 is 46.3 Å². The van der Waals surface area contributed by atoms with E-state index in [1.807, 2.05) is 46.1 Å². The van der Waals surface area contributed by atoms with Gasteiger partial charge in [-0.15, -0.1) is 11.3 Å². The zero-order valence-corrected chi connectivity index (χ0v) is 37.1. The van der Waals surface area contributed by atoms with E-state index in [0.717, 1.165) is 65.4 Å². The van der Waals surface area contributed by atoms with Crippen LogP contribution in [0.2, 0.25) is 36.3 Å². The molecule has 0 radical (unpaired) electrons. The van der Waals surface area contributed by atoms with Crippen molar-refractivity contribution in [3.05, 3.63) is 21.7 Å². The number of cyclic esters (lactones) is 1. The second-order valence-corrected chi connectivity index (χ2v) is 26.8. The van der Waals surface area contributed by atoms with Crippen molar-refractivity contribution in [3.8, 4) is 0 Å². The summed E-state index contributed by atoms with van der Waals surface area (Å²) >= 11 is 5.35. The lowest BCUT2D eigenvalue weighted by Crippen LogP contribution is -2.53. The molecule has 1 aromatic heterocycles. The van der Waals surface area contributed by atoms with E-state index in [9.17, 15) is 14.7 Å². The van der Waals surface area contributed by atoms with Gasteiger partial charge in [0.05, 0.1) is 35.4 Å². The number of aryl methyl sites for hydroxylation is 1. The predicted molar refractivity (Wildman–Crippen MR) is 213 cm³/mol. The van der Waals surface area contributed by atoms with E-state index in [-0.39, 0.29) is 35.0 Å². The highest BCUT2D eigenvalue weighted by Crippen LogP contribution is 2.40. The summed E-state index contributed by atoms with van der Waals surface area (Å²) < 4.78 is 20.6. The SMILES string of the molecule is CC[Si](CC)(CC)O[C@H]1[C@@H](C)CCC[C@@H](O)[C@H](Br)CC(/C(C)=C/c2csc(C)n2)OC(=O)C[C@H](O[Si](CC)(CC)CC)C(C)(C)C(=O)[C@@H]1C. The van der Waals surface area contributed by atoms with E-state index in [4.69, 9.17) is 13.6 Å². The topological polar surface area (TPSA) is 95.0 Å². The van der Waals surface area contributed by atoms with Crippen LogP contribution in [0.5, 0.6) is 0 Å². The van der Waals surface area contributed by atoms with Gasteiger partial charge in [0.1, 0.15) is 11.9 Å². The highest BCUT2D eigenvalue weighted by molar-refractivity contribution is 9.09. The Balaban J connectivity index is 2.66. The van der Waals surface area contributed by atoms with Crippen molar-refractivity contribution in [2.24, 2.45) is 17.3 Å². The number of rotatable bonds is 12. The van der Waals surface area contributed by atoms with Crippen LogP contribution in [-0.4, -0.2) is 67.7 Å². The summed E-state index contributed by atoms with van der Waals surface area (Å²) in [6, 6.07) is 5.74. The molecular weight excluding hydrogens is 735 g/mol. The van der Waals surface area contributed by atoms with Gasteiger partial charge in [0, 0.05) is 28.0 Å². The van der Waals surface area contributed by atoms with Crippen LogP contribution < -0.4 is 0 Å². The Morgan fingerprint density at radius 1 is 1.02 bits per heavy atom. The highest BCUT2D eigenvalue weighted by atomic mass is 79.9. The first-order chi connectivity index (χ1) is 23.0. The molecule has 49 heavy (non-hydrogen) atoms. The van der Waals surface area contributed by atoms with Crippen LogP contribution in [0.4, 0.5) is 0 Å². The normalized spacial score (nSPS) is 28.8. The van der Waals surface area contributed by atoms with Gasteiger partial charge in [0.15, 0.2) is 16.6 Å². The number of halogens is 1. The fourth-order valence-electron chi connectivity index (χ4n) is 7.45. The fourth-order valence-corrected chi connectivity index (χ4v) is 14.6. The predicted octanol–water partition coefficient (Wildman–Crippen LogP) is 10.5. The van der Waals surface area contributed by atoms with Crippen LogP contribution in [0.3, 0.4) is 0 Å². The molecule has 0 bridgehead atoms. The summed E-state index contributed by atoms with van der Waals surface area (Å²) in [5.41, 5.74) is 0.741. The fraction of sp³-hybridized carbons (Fsp3) is 0.816. The third kappa shape index (κ3) is 11.9. The minimum Gasteiger partial charge on any atom is -0.458 e. The number of Topliss-reactive ketones (excluding diaryl/α,β-unsaturated/α-hetero) is 1. The summed E-state index contributed by atoms with van der Waals surface area (Å²) in [6.07, 6.45) is 2.54. The van der Waals surface area contributed by atoms with Gasteiger partial charge in [-0.1, -0.05) is 91.6 Å². The van der Waals surface area contributed by atoms with Crippen molar-refractivity contribution in [2.75, 3.05) is 0 Å². The van der Waals surface area contributed by atoms with E-state index >= 15 is 0 Å². The van der Waals surface area contributed by atoms with Crippen LogP contribution in [-0.2, 0) is 23.2 Å². The van der Waals surface area contributed by atoms with Gasteiger partial charge in [-0.05, 0) is 80.5 Å². The Kier molecular flexibility index (Phi) is 18.1. The van der Waals surface area contributed by atoms with Crippen LogP contribution >= 0.6 is 27.3 Å². The first-order valence-electron chi connectivity index (χ1n) is 19.0. The molecule has 1 N–H and O–H groups in total. The first-order valence-corrected chi connectivity index (χ1v) is 25.8. The lowest BCUT2D eigenvalue weighted by atomic mass is 9.73. The minimum atomic E-state index is -2.24. The molecule has 0 aromatic carbocycles. The molecule has 2 rings (SSSR count). The maximum atomic E-state index is 14.9. The standard InChI is InChI=1S/C38H68BrNO6SSi2/c1-13-48(14-2,15-3)45-34-24-35(42)44-33(27(8)22-30-25-47-29(10)40-30)23-31(39)32(41)21-19-20-26(7)36(28(9)37(43)38(34,11)12)46-49(16-4,17-5)18-6/h22,25-26,28,31-34,36,41H,13-21,23-24H2,1-12H3/b27-22+/t26-,28+,31+,32+,33?,34-,36-/m0/s1. The number of carbonyl (C=O) groups excluding carboxylic acids is 2. The van der Waals surface area contributed by atoms with E-state index in [1.165, 1.54) is 0 Å². The summed E-state index contributed by atoms with van der Waals surface area (Å²) in [6.45, 7) is 25.3. The number of hydrogen-bond acceptors (Lipinski definition) is 8. The summed E-state index contributed by atoms with van der Waals surface area (Å²) in [5.74, 6) is -0.572. The number of alkyl halides is 1. The molecule has 1 unspecified atom stereocenters. The largest absolute Gasteiger partial charge is 0.458 e. The number of hydrogen-bond donors (Lipinski definition) is 1. The molecule has 282 valence electrons. The Morgan fingerprint density at radius 3 is 2.08 bits per heavy atom. The van der Waals surface area contributed by atoms with Gasteiger partial charge in [0.2, 0.25) is 0 Å². The van der Waals surface area contributed by atoms with Crippen LogP contribution in [0, 0.1) is 24.2 Å². The molecule has 1 aliphatic heterocycles. The number of ether oxygens (including phenoxy) is 1. The number of nitrogens with zero attached hydrogens (tertiary/aromatic N) is 1. The summed E-state index contributed by atoms with van der Waals surface area (Å²) in [4.78, 5) is 33.2. The van der Waals surface area contributed by atoms with Gasteiger partial charge >= 0.3 is 5.97 Å². The Bertz CT molecular complexity index is 1200. The van der Waals surface area contributed by atoms with Crippen molar-refractivity contribution in [1.82, 2.24) is 4.98 Å². The smallest absolute Gasteiger partial charge is 0.309 e. The number of esters is 1. The van der Waals surface area contributed by atoms with Gasteiger partial charge in [-0.2, -0.15) is 0 Å². The molecule has 1 fully saturated rings. The molecule has 2 heterocycles. The molecule has 11 heteroatoms. The number of aliphatic hydroxyl groups excluding tert-OH is 1. The Hall–Kier alpha value is -0.696. The maximum Gasteiger partial charge on any atom is 0.309 e. The molecule has 7 nitrogen and oxygen atoms in total. The zero-order valence-electron chi connectivity index (χ0n) is 32.7. The number of thiazole rings is 1. The third-order valence-corrected chi connectivity index (χ3v) is 22.8. The highest BCUT2D eigenvalue weighted by Gasteiger charge is 2.48. The molecular formula is C38H68BrNO6SSi2. The maximum absolute atomic E-state index is 14.9. The zero-order chi connectivity index (χ0) is 37.2. The van der Waals surface area contributed by atoms with Crippen molar-refractivity contribution >= 4 is 61.7 Å². The van der Waals surface area contributed by atoms with Gasteiger partial charge < -0.3 is 18.7 Å². The van der Waals surface area contributed by atoms with E-state index in [2.05, 4.69) is 69.4 Å². The van der Waals surface area contributed by atoms with Crippen molar-refractivity contribution in [2.45, 2.75) is 181 Å². The van der Waals surface area contributed by atoms with Crippen molar-refractivity contribution in [3.63, 3.8) is 0 Å². The van der Waals surface area contributed by atoms with Crippen LogP contribution in [0.1, 0.15) is 119 Å². The van der Waals surface area contributed by atoms with Gasteiger partial charge in [0.25, 0.3) is 0 Å². The number of ketones is 1. The first kappa shape index (κ1) is 44.5. The molecule has 1 aromatic rings. The average molecular weight is 803 g/mol. The molecule has 7 atom stereocenters. The van der Waals surface area contributed by atoms with Crippen LogP contribution in [0.15, 0.2) is 11.0 Å². The molecule has 0 amide bonds. The average Bonchev–Trinajstić information content (AvgIpc) is 3.49. The number of carbonyl (C=O) groups is 2. The third-order valence-electron chi connectivity index (χ3n) is 11.7. The van der Waals surface area contributed by atoms with E-state index in [0.29, 0.717) is 12.8 Å². The summed E-state index contributed by atoms with van der Waals surface area (Å²) in [7, 11) is -4.29. The second-order valence-electron chi connectivity index (χ2n) is 15.1. The summed E-state index contributed by atoms with van der Waals surface area (Å²) in [5, 5.41) is 14.3. The van der Waals surface area contributed by atoms with Crippen molar-refractivity contribution in [1.29, 1.82) is 0 Å². The van der Waals surface area contributed by atoms with Crippen molar-refractivity contribution < 1.29 is 28.3 Å². The number of aliphatic hydroxyl groups is 1. The Labute approximate surface area is 313 Å². The van der Waals surface area contributed by atoms with Crippen LogP contribution in [0.25, 0.3) is 6.08 Å². The monoisotopic (exact) mass is 801 g/mol. The van der Waals surface area contributed by atoms with Gasteiger partial charge in [-0.25, -0.2) is 4.98 Å². The quantitative estimate of drug-likeness (QED) is 0.128. The molecule has 0 aliphatic carbocycles. The number of aromatic nitrogens is 1. The van der Waals surface area contributed by atoms with Gasteiger partial charge in [-0.3, -0.25) is 9.59 Å². The molecule has 1 aliphatic rings. The van der Waals surface area contributed by atoms with E-state index in [1.54, 1.807) is 11.3 Å². The second kappa shape index (κ2) is 19.9.